The lowest BCUT2D eigenvalue weighted by molar-refractivity contribution is -0.296. The molecule has 3 fully saturated rings. The Morgan fingerprint density at radius 1 is 1.15 bits per heavy atom. The highest BCUT2D eigenvalue weighted by Crippen LogP contribution is 2.47. The number of carbonyl (C=O) groups excluding carboxylic acids is 1. The molecule has 146 valence electrons. The predicted octanol–water partition coefficient (Wildman–Crippen LogP) is 0.959. The van der Waals surface area contributed by atoms with Crippen LogP contribution in [0.25, 0.3) is 0 Å². The van der Waals surface area contributed by atoms with Gasteiger partial charge in [0.2, 0.25) is 5.79 Å². The fourth-order valence-corrected chi connectivity index (χ4v) is 3.43. The Kier molecular flexibility index (Phi) is 4.65. The lowest BCUT2D eigenvalue weighted by atomic mass is 9.97. The van der Waals surface area contributed by atoms with Crippen molar-refractivity contribution in [2.45, 2.75) is 69.8 Å². The van der Waals surface area contributed by atoms with Gasteiger partial charge in [-0.05, 0) is 27.7 Å². The minimum atomic E-state index is -1.35. The maximum atomic E-state index is 11.9. The highest BCUT2D eigenvalue weighted by Gasteiger charge is 2.65. The molecule has 3 heterocycles. The molecule has 9 nitrogen and oxygen atoms in total. The molecule has 9 heteroatoms. The fraction of sp³-hybridized carbons (Fsp3) is 0.765. The van der Waals surface area contributed by atoms with Crippen molar-refractivity contribution in [1.29, 1.82) is 0 Å². The Labute approximate surface area is 151 Å². The van der Waals surface area contributed by atoms with E-state index in [1.807, 2.05) is 0 Å². The number of hydrogen-bond donors (Lipinski definition) is 1. The van der Waals surface area contributed by atoms with E-state index in [9.17, 15) is 9.59 Å². The summed E-state index contributed by atoms with van der Waals surface area (Å²) in [6.07, 6.45) is -1.89. The third-order valence-corrected chi connectivity index (χ3v) is 4.37. The third-order valence-electron chi connectivity index (χ3n) is 4.37. The van der Waals surface area contributed by atoms with Gasteiger partial charge < -0.3 is 33.5 Å². The first-order chi connectivity index (χ1) is 11.9. The molecule has 3 aliphatic heterocycles. The fourth-order valence-electron chi connectivity index (χ4n) is 3.43. The summed E-state index contributed by atoms with van der Waals surface area (Å²) < 4.78 is 34.7. The molecule has 3 rings (SSSR count). The van der Waals surface area contributed by atoms with E-state index in [0.717, 1.165) is 0 Å². The summed E-state index contributed by atoms with van der Waals surface area (Å²) in [5, 5.41) is 8.81. The average Bonchev–Trinajstić information content (AvgIpc) is 2.96. The first-order valence-electron chi connectivity index (χ1n) is 8.37. The summed E-state index contributed by atoms with van der Waals surface area (Å²) in [5.74, 6) is -5.12. The van der Waals surface area contributed by atoms with Crippen LogP contribution in [-0.4, -0.2) is 65.9 Å². The number of esters is 1. The molecule has 0 aromatic carbocycles. The molecule has 1 N–H and O–H groups in total. The minimum absolute atomic E-state index is 0.184. The molecule has 0 aromatic rings. The molecule has 0 unspecified atom stereocenters. The Bertz CT molecular complexity index is 626. The van der Waals surface area contributed by atoms with Crippen LogP contribution < -0.4 is 0 Å². The van der Waals surface area contributed by atoms with E-state index in [1.165, 1.54) is 0 Å². The third kappa shape index (κ3) is 3.63. The van der Waals surface area contributed by atoms with Crippen LogP contribution >= 0.6 is 0 Å². The van der Waals surface area contributed by atoms with Gasteiger partial charge in [0.15, 0.2) is 11.6 Å². The van der Waals surface area contributed by atoms with E-state index in [2.05, 4.69) is 6.58 Å². The summed E-state index contributed by atoms with van der Waals surface area (Å²) in [5.41, 5.74) is -0.258. The summed E-state index contributed by atoms with van der Waals surface area (Å²) in [6.45, 7) is 10.3. The van der Waals surface area contributed by atoms with Crippen molar-refractivity contribution in [3.05, 3.63) is 12.2 Å². The minimum Gasteiger partial charge on any atom is -0.478 e. The first kappa shape index (κ1) is 19.2. The smallest absolute Gasteiger partial charge is 0.331 e. The van der Waals surface area contributed by atoms with E-state index in [4.69, 9.17) is 33.5 Å². The molecule has 0 aliphatic carbocycles. The van der Waals surface area contributed by atoms with Gasteiger partial charge in [-0.25, -0.2) is 4.79 Å². The van der Waals surface area contributed by atoms with Crippen molar-refractivity contribution >= 4 is 11.9 Å². The zero-order valence-corrected chi connectivity index (χ0v) is 15.3. The lowest BCUT2D eigenvalue weighted by Crippen LogP contribution is -2.60. The van der Waals surface area contributed by atoms with E-state index < -0.39 is 47.9 Å². The van der Waals surface area contributed by atoms with Gasteiger partial charge in [0.05, 0.1) is 13.0 Å². The van der Waals surface area contributed by atoms with Crippen molar-refractivity contribution in [2.24, 2.45) is 0 Å². The topological polar surface area (TPSA) is 110 Å². The molecule has 0 saturated carbocycles. The average molecular weight is 372 g/mol. The first-order valence-corrected chi connectivity index (χ1v) is 8.37. The summed E-state index contributed by atoms with van der Waals surface area (Å²) in [6, 6.07) is 0. The molecule has 3 saturated heterocycles. The second-order valence-electron chi connectivity index (χ2n) is 7.55. The zero-order chi connectivity index (χ0) is 19.3. The quantitative estimate of drug-likeness (QED) is 0.557. The summed E-state index contributed by atoms with van der Waals surface area (Å²) >= 11 is 0. The van der Waals surface area contributed by atoms with Gasteiger partial charge in [-0.15, -0.1) is 0 Å². The van der Waals surface area contributed by atoms with E-state index in [0.29, 0.717) is 0 Å². The highest BCUT2D eigenvalue weighted by atomic mass is 16.9. The predicted molar refractivity (Wildman–Crippen MR) is 84.9 cm³/mol. The number of aliphatic carboxylic acids is 1. The van der Waals surface area contributed by atoms with E-state index in [1.54, 1.807) is 27.7 Å². The van der Waals surface area contributed by atoms with Crippen LogP contribution in [0.3, 0.4) is 0 Å². The van der Waals surface area contributed by atoms with E-state index in [-0.39, 0.29) is 24.9 Å². The molecular weight excluding hydrogens is 348 g/mol. The standard InChI is InChI=1S/C17H24O9/c1-9(14(19)20)6-11(18)21-8-17-13(25-16(4,5)26-17)12-10(7-22-17)23-15(2,3)24-12/h10,12-13H,1,6-8H2,2-5H3,(H,19,20)/t10-,12-,13+,17+/m1/s1. The van der Waals surface area contributed by atoms with Crippen LogP contribution in [0.4, 0.5) is 0 Å². The van der Waals surface area contributed by atoms with Gasteiger partial charge in [-0.1, -0.05) is 6.58 Å². The Morgan fingerprint density at radius 2 is 1.85 bits per heavy atom. The maximum absolute atomic E-state index is 11.9. The van der Waals surface area contributed by atoms with Gasteiger partial charge in [0.25, 0.3) is 0 Å². The zero-order valence-electron chi connectivity index (χ0n) is 15.3. The lowest BCUT2D eigenvalue weighted by Gasteiger charge is -2.40. The normalized spacial score (nSPS) is 36.8. The van der Waals surface area contributed by atoms with Crippen molar-refractivity contribution in [2.75, 3.05) is 13.2 Å². The van der Waals surface area contributed by atoms with Crippen LogP contribution in [0.15, 0.2) is 12.2 Å². The second-order valence-corrected chi connectivity index (χ2v) is 7.55. The number of hydrogen-bond acceptors (Lipinski definition) is 8. The number of fused-ring (bicyclic) bond motifs is 3. The van der Waals surface area contributed by atoms with Gasteiger partial charge >= 0.3 is 11.9 Å². The van der Waals surface area contributed by atoms with Crippen molar-refractivity contribution in [1.82, 2.24) is 0 Å². The Hall–Kier alpha value is -1.52. The van der Waals surface area contributed by atoms with Crippen LogP contribution in [0.2, 0.25) is 0 Å². The molecule has 0 amide bonds. The molecule has 0 spiro atoms. The SMILES string of the molecule is C=C(CC(=O)OC[C@@]12OC[C@H]3OC(C)(C)O[C@H]3[C@@H]1OC(C)(C)O2)C(=O)O. The molecule has 0 bridgehead atoms. The summed E-state index contributed by atoms with van der Waals surface area (Å²) in [4.78, 5) is 22.7. The van der Waals surface area contributed by atoms with Crippen LogP contribution in [-0.2, 0) is 38.0 Å². The Balaban J connectivity index is 1.72. The Morgan fingerprint density at radius 3 is 2.50 bits per heavy atom. The van der Waals surface area contributed by atoms with Gasteiger partial charge in [-0.2, -0.15) is 0 Å². The number of carboxylic acid groups (broad SMARTS) is 1. The largest absolute Gasteiger partial charge is 0.478 e. The van der Waals surface area contributed by atoms with Crippen molar-refractivity contribution in [3.63, 3.8) is 0 Å². The molecular formula is C17H24O9. The number of carbonyl (C=O) groups is 2. The highest BCUT2D eigenvalue weighted by molar-refractivity contribution is 5.91. The molecule has 3 aliphatic rings. The van der Waals surface area contributed by atoms with Gasteiger partial charge in [0, 0.05) is 5.57 Å². The molecule has 26 heavy (non-hydrogen) atoms. The van der Waals surface area contributed by atoms with Crippen LogP contribution in [0.1, 0.15) is 34.1 Å². The number of rotatable bonds is 5. The van der Waals surface area contributed by atoms with E-state index >= 15 is 0 Å². The number of ether oxygens (including phenoxy) is 6. The number of carboxylic acids is 1. The van der Waals surface area contributed by atoms with Crippen molar-refractivity contribution < 1.29 is 43.1 Å². The maximum Gasteiger partial charge on any atom is 0.331 e. The van der Waals surface area contributed by atoms with Gasteiger partial charge in [0.1, 0.15) is 24.9 Å². The second kappa shape index (κ2) is 6.28. The summed E-state index contributed by atoms with van der Waals surface area (Å²) in [7, 11) is 0. The van der Waals surface area contributed by atoms with Crippen molar-refractivity contribution in [3.8, 4) is 0 Å². The van der Waals surface area contributed by atoms with Crippen LogP contribution in [0, 0.1) is 0 Å². The van der Waals surface area contributed by atoms with Gasteiger partial charge in [-0.3, -0.25) is 4.79 Å². The van der Waals surface area contributed by atoms with Crippen LogP contribution in [0.5, 0.6) is 0 Å². The molecule has 0 radical (unpaired) electrons. The molecule has 0 aromatic heterocycles. The monoisotopic (exact) mass is 372 g/mol. The molecule has 4 atom stereocenters.